The summed E-state index contributed by atoms with van der Waals surface area (Å²) in [5.74, 6) is -1.39. The maximum atomic E-state index is 12.1. The number of aromatic hydroxyl groups is 1. The van der Waals surface area contributed by atoms with Gasteiger partial charge in [0.15, 0.2) is 5.75 Å². The van der Waals surface area contributed by atoms with Gasteiger partial charge in [-0.25, -0.2) is 4.79 Å². The van der Waals surface area contributed by atoms with Crippen LogP contribution in [0.5, 0.6) is 11.5 Å². The van der Waals surface area contributed by atoms with Gasteiger partial charge >= 0.3 is 11.9 Å². The average molecular weight is 299 g/mol. The van der Waals surface area contributed by atoms with Crippen molar-refractivity contribution in [2.75, 3.05) is 0 Å². The highest BCUT2D eigenvalue weighted by Crippen LogP contribution is 2.41. The Morgan fingerprint density at radius 2 is 1.91 bits per heavy atom. The molecular formula is C15H9NO6. The molecule has 0 saturated carbocycles. The lowest BCUT2D eigenvalue weighted by Gasteiger charge is -2.08. The SMILES string of the molecule is O=C(Oc1cc([N+](=O)[O-])oc2cc(O)cc1-2)c1ccccc1. The summed E-state index contributed by atoms with van der Waals surface area (Å²) in [6.45, 7) is 0. The van der Waals surface area contributed by atoms with E-state index in [9.17, 15) is 20.0 Å². The van der Waals surface area contributed by atoms with Crippen molar-refractivity contribution in [3.05, 3.63) is 64.2 Å². The zero-order valence-electron chi connectivity index (χ0n) is 11.1. The van der Waals surface area contributed by atoms with Crippen LogP contribution in [0.1, 0.15) is 10.4 Å². The van der Waals surface area contributed by atoms with E-state index in [1.54, 1.807) is 30.3 Å². The molecule has 3 rings (SSSR count). The van der Waals surface area contributed by atoms with Crippen LogP contribution in [0.4, 0.5) is 5.88 Å². The fraction of sp³-hybridized carbons (Fsp3) is 0. The number of benzene rings is 1. The second-order valence-electron chi connectivity index (χ2n) is 4.45. The molecule has 7 heteroatoms. The van der Waals surface area contributed by atoms with E-state index in [4.69, 9.17) is 9.15 Å². The van der Waals surface area contributed by atoms with Crippen molar-refractivity contribution in [2.45, 2.75) is 0 Å². The molecule has 1 N–H and O–H groups in total. The van der Waals surface area contributed by atoms with Crippen LogP contribution in [0.2, 0.25) is 0 Å². The normalized spacial score (nSPS) is 10.5. The molecular weight excluding hydrogens is 290 g/mol. The maximum Gasteiger partial charge on any atom is 0.437 e. The summed E-state index contributed by atoms with van der Waals surface area (Å²) in [7, 11) is 0. The molecule has 1 aliphatic heterocycles. The van der Waals surface area contributed by atoms with Crippen LogP contribution in [0.25, 0.3) is 11.3 Å². The van der Waals surface area contributed by atoms with Gasteiger partial charge in [0, 0.05) is 6.07 Å². The van der Waals surface area contributed by atoms with Crippen molar-refractivity contribution in [1.82, 2.24) is 0 Å². The third-order valence-corrected chi connectivity index (χ3v) is 2.96. The lowest BCUT2D eigenvalue weighted by molar-refractivity contribution is -0.402. The van der Waals surface area contributed by atoms with Crippen LogP contribution in [0.15, 0.2) is 52.9 Å². The second kappa shape index (κ2) is 5.21. The Balaban J connectivity index is 2.03. The smallest absolute Gasteiger partial charge is 0.437 e. The van der Waals surface area contributed by atoms with Crippen molar-refractivity contribution in [3.63, 3.8) is 0 Å². The maximum absolute atomic E-state index is 12.1. The standard InChI is InChI=1S/C15H9NO6/c17-10-6-11-12(7-10)21-14(16(19)20)8-13(11)22-15(18)9-4-2-1-3-5-9/h1-8,17H. The first kappa shape index (κ1) is 13.6. The molecule has 110 valence electrons. The summed E-state index contributed by atoms with van der Waals surface area (Å²) in [6.07, 6.45) is 0. The fourth-order valence-corrected chi connectivity index (χ4v) is 1.99. The predicted octanol–water partition coefficient (Wildman–Crippen LogP) is 3.22. The molecule has 1 heterocycles. The molecule has 0 aromatic heterocycles. The summed E-state index contributed by atoms with van der Waals surface area (Å²) in [5, 5.41) is 20.4. The second-order valence-corrected chi connectivity index (χ2v) is 4.45. The Labute approximate surface area is 123 Å². The third kappa shape index (κ3) is 2.47. The molecule has 0 bridgehead atoms. The van der Waals surface area contributed by atoms with E-state index in [-0.39, 0.29) is 22.8 Å². The number of ether oxygens (including phenoxy) is 1. The number of carbonyl (C=O) groups excluding carboxylic acids is 1. The Bertz CT molecular complexity index is 823. The Hall–Kier alpha value is -3.35. The van der Waals surface area contributed by atoms with E-state index >= 15 is 0 Å². The zero-order valence-corrected chi connectivity index (χ0v) is 11.1. The number of esters is 1. The largest absolute Gasteiger partial charge is 0.508 e. The highest BCUT2D eigenvalue weighted by molar-refractivity contribution is 5.92. The van der Waals surface area contributed by atoms with Gasteiger partial charge in [0.05, 0.1) is 11.1 Å². The number of hydrogen-bond acceptors (Lipinski definition) is 6. The summed E-state index contributed by atoms with van der Waals surface area (Å²) in [5.41, 5.74) is 0.572. The van der Waals surface area contributed by atoms with E-state index in [2.05, 4.69) is 0 Å². The van der Waals surface area contributed by atoms with Gasteiger partial charge in [0.2, 0.25) is 0 Å². The zero-order chi connectivity index (χ0) is 15.7. The van der Waals surface area contributed by atoms with Crippen LogP contribution in [-0.4, -0.2) is 16.0 Å². The van der Waals surface area contributed by atoms with Crippen LogP contribution in [0.3, 0.4) is 0 Å². The number of carbonyl (C=O) groups is 1. The first-order valence-electron chi connectivity index (χ1n) is 6.23. The Morgan fingerprint density at radius 3 is 2.59 bits per heavy atom. The van der Waals surface area contributed by atoms with Gasteiger partial charge < -0.3 is 14.3 Å². The van der Waals surface area contributed by atoms with Gasteiger partial charge in [0.1, 0.15) is 22.5 Å². The molecule has 2 aliphatic rings. The van der Waals surface area contributed by atoms with Gasteiger partial charge in [-0.05, 0) is 18.2 Å². The Kier molecular flexibility index (Phi) is 3.23. The topological polar surface area (TPSA) is 103 Å². The summed E-state index contributed by atoms with van der Waals surface area (Å²) < 4.78 is 10.2. The molecule has 0 fully saturated rings. The summed E-state index contributed by atoms with van der Waals surface area (Å²) >= 11 is 0. The monoisotopic (exact) mass is 299 g/mol. The number of fused-ring (bicyclic) bond motifs is 1. The van der Waals surface area contributed by atoms with Crippen LogP contribution >= 0.6 is 0 Å². The summed E-state index contributed by atoms with van der Waals surface area (Å²) in [4.78, 5) is 22.2. The fourth-order valence-electron chi connectivity index (χ4n) is 1.99. The van der Waals surface area contributed by atoms with Crippen molar-refractivity contribution < 1.29 is 24.0 Å². The van der Waals surface area contributed by atoms with Gasteiger partial charge in [-0.2, -0.15) is 0 Å². The van der Waals surface area contributed by atoms with Crippen LogP contribution < -0.4 is 4.74 Å². The molecule has 1 aromatic rings. The van der Waals surface area contributed by atoms with Crippen LogP contribution in [0, 0.1) is 10.1 Å². The first-order chi connectivity index (χ1) is 10.5. The number of nitrogens with zero attached hydrogens (tertiary/aromatic N) is 1. The minimum Gasteiger partial charge on any atom is -0.508 e. The number of rotatable bonds is 3. The molecule has 1 aromatic carbocycles. The van der Waals surface area contributed by atoms with E-state index in [0.717, 1.165) is 6.07 Å². The molecule has 1 aliphatic carbocycles. The Morgan fingerprint density at radius 1 is 1.18 bits per heavy atom. The third-order valence-electron chi connectivity index (χ3n) is 2.96. The van der Waals surface area contributed by atoms with Gasteiger partial charge in [-0.3, -0.25) is 10.1 Å². The van der Waals surface area contributed by atoms with Crippen molar-refractivity contribution >= 4 is 11.9 Å². The highest BCUT2D eigenvalue weighted by atomic mass is 16.6. The lowest BCUT2D eigenvalue weighted by atomic mass is 10.2. The van der Waals surface area contributed by atoms with E-state index in [1.165, 1.54) is 12.1 Å². The predicted molar refractivity (Wildman–Crippen MR) is 75.0 cm³/mol. The number of hydrogen-bond donors (Lipinski definition) is 1. The van der Waals surface area contributed by atoms with E-state index in [0.29, 0.717) is 5.56 Å². The highest BCUT2D eigenvalue weighted by Gasteiger charge is 2.24. The molecule has 0 radical (unpaired) electrons. The number of nitro groups is 1. The molecule has 0 atom stereocenters. The molecule has 7 nitrogen and oxygen atoms in total. The van der Waals surface area contributed by atoms with Gasteiger partial charge in [0.25, 0.3) is 0 Å². The molecule has 0 saturated heterocycles. The minimum absolute atomic E-state index is 0.0536. The molecule has 0 unspecified atom stereocenters. The summed E-state index contributed by atoms with van der Waals surface area (Å²) in [6, 6.07) is 11.7. The van der Waals surface area contributed by atoms with Gasteiger partial charge in [-0.1, -0.05) is 18.2 Å². The molecule has 0 spiro atoms. The van der Waals surface area contributed by atoms with Crippen molar-refractivity contribution in [1.29, 1.82) is 0 Å². The van der Waals surface area contributed by atoms with Crippen molar-refractivity contribution in [2.24, 2.45) is 0 Å². The first-order valence-corrected chi connectivity index (χ1v) is 6.23. The molecule has 0 amide bonds. The lowest BCUT2D eigenvalue weighted by Crippen LogP contribution is -2.09. The van der Waals surface area contributed by atoms with E-state index < -0.39 is 16.8 Å². The quantitative estimate of drug-likeness (QED) is 0.452. The molecule has 22 heavy (non-hydrogen) atoms. The van der Waals surface area contributed by atoms with Crippen LogP contribution in [-0.2, 0) is 0 Å². The average Bonchev–Trinajstić information content (AvgIpc) is 2.88. The van der Waals surface area contributed by atoms with Gasteiger partial charge in [-0.15, -0.1) is 0 Å². The van der Waals surface area contributed by atoms with E-state index in [1.807, 2.05) is 0 Å². The van der Waals surface area contributed by atoms with Crippen molar-refractivity contribution in [3.8, 4) is 22.8 Å². The minimum atomic E-state index is -0.747.